The number of rotatable bonds is 6. The zero-order valence-corrected chi connectivity index (χ0v) is 12.2. The van der Waals surface area contributed by atoms with Crippen LogP contribution in [0.1, 0.15) is 25.0 Å². The Balaban J connectivity index is 3.08. The van der Waals surface area contributed by atoms with Crippen LogP contribution in [0.4, 0.5) is 5.69 Å². The highest BCUT2D eigenvalue weighted by Crippen LogP contribution is 2.23. The molecule has 0 heterocycles. The first-order chi connectivity index (χ1) is 9.03. The largest absolute Gasteiger partial charge is 0.392 e. The Morgan fingerprint density at radius 2 is 2.05 bits per heavy atom. The summed E-state index contributed by atoms with van der Waals surface area (Å²) in [7, 11) is 4.09. The van der Waals surface area contributed by atoms with Gasteiger partial charge in [-0.05, 0) is 45.6 Å². The van der Waals surface area contributed by atoms with E-state index in [9.17, 15) is 5.26 Å². The molecule has 4 heteroatoms. The molecule has 0 saturated heterocycles. The first kappa shape index (κ1) is 15.5. The fourth-order valence-corrected chi connectivity index (χ4v) is 2.37. The normalized spacial score (nSPS) is 12.3. The van der Waals surface area contributed by atoms with Gasteiger partial charge in [0.2, 0.25) is 0 Å². The van der Waals surface area contributed by atoms with Crippen LogP contribution in [-0.4, -0.2) is 43.2 Å². The minimum atomic E-state index is -0.0334. The molecule has 0 bridgehead atoms. The van der Waals surface area contributed by atoms with Crippen LogP contribution in [-0.2, 0) is 6.61 Å². The summed E-state index contributed by atoms with van der Waals surface area (Å²) in [4.78, 5) is 4.36. The van der Waals surface area contributed by atoms with E-state index in [-0.39, 0.29) is 6.61 Å². The minimum Gasteiger partial charge on any atom is -0.392 e. The Bertz CT molecular complexity index is 451. The molecular formula is C15H23N3O. The van der Waals surface area contributed by atoms with Crippen LogP contribution < -0.4 is 4.90 Å². The summed E-state index contributed by atoms with van der Waals surface area (Å²) in [6.45, 7) is 5.99. The van der Waals surface area contributed by atoms with Gasteiger partial charge in [-0.15, -0.1) is 0 Å². The molecule has 0 amide bonds. The van der Waals surface area contributed by atoms with Gasteiger partial charge >= 0.3 is 0 Å². The number of anilines is 1. The van der Waals surface area contributed by atoms with E-state index in [1.807, 2.05) is 26.2 Å². The van der Waals surface area contributed by atoms with Crippen LogP contribution >= 0.6 is 0 Å². The van der Waals surface area contributed by atoms with Crippen molar-refractivity contribution in [2.75, 3.05) is 32.1 Å². The molecule has 1 rings (SSSR count). The highest BCUT2D eigenvalue weighted by atomic mass is 16.3. The van der Waals surface area contributed by atoms with E-state index >= 15 is 0 Å². The van der Waals surface area contributed by atoms with Crippen molar-refractivity contribution in [1.82, 2.24) is 4.90 Å². The van der Waals surface area contributed by atoms with Crippen molar-refractivity contribution in [3.05, 3.63) is 29.3 Å². The van der Waals surface area contributed by atoms with E-state index in [1.54, 1.807) is 6.07 Å². The maximum absolute atomic E-state index is 9.28. The van der Waals surface area contributed by atoms with E-state index in [2.05, 4.69) is 29.7 Å². The molecule has 0 fully saturated rings. The quantitative estimate of drug-likeness (QED) is 0.848. The maximum atomic E-state index is 9.28. The Labute approximate surface area is 115 Å². The van der Waals surface area contributed by atoms with Crippen molar-refractivity contribution >= 4 is 5.69 Å². The summed E-state index contributed by atoms with van der Waals surface area (Å²) in [5, 5.41) is 18.4. The summed E-state index contributed by atoms with van der Waals surface area (Å²) in [5.74, 6) is 0. The average Bonchev–Trinajstić information content (AvgIpc) is 2.39. The molecule has 0 spiro atoms. The van der Waals surface area contributed by atoms with E-state index in [0.717, 1.165) is 24.3 Å². The fraction of sp³-hybridized carbons (Fsp3) is 0.533. The van der Waals surface area contributed by atoms with Gasteiger partial charge in [0.05, 0.1) is 17.9 Å². The molecule has 0 aliphatic heterocycles. The average molecular weight is 261 g/mol. The fourth-order valence-electron chi connectivity index (χ4n) is 2.37. The van der Waals surface area contributed by atoms with E-state index in [0.29, 0.717) is 11.6 Å². The Kier molecular flexibility index (Phi) is 5.81. The summed E-state index contributed by atoms with van der Waals surface area (Å²) in [6, 6.07) is 8.12. The number of nitrogens with zero attached hydrogens (tertiary/aromatic N) is 3. The van der Waals surface area contributed by atoms with Crippen molar-refractivity contribution in [2.24, 2.45) is 0 Å². The zero-order valence-electron chi connectivity index (χ0n) is 12.2. The van der Waals surface area contributed by atoms with Gasteiger partial charge in [-0.1, -0.05) is 6.07 Å². The molecule has 1 aromatic carbocycles. The number of hydrogen-bond donors (Lipinski definition) is 1. The van der Waals surface area contributed by atoms with Crippen molar-refractivity contribution in [1.29, 1.82) is 5.26 Å². The van der Waals surface area contributed by atoms with Crippen LogP contribution in [0.2, 0.25) is 0 Å². The lowest BCUT2D eigenvalue weighted by atomic mass is 10.1. The van der Waals surface area contributed by atoms with Crippen LogP contribution in [0.15, 0.2) is 18.2 Å². The Hall–Kier alpha value is -1.57. The number of benzene rings is 1. The topological polar surface area (TPSA) is 50.5 Å². The van der Waals surface area contributed by atoms with Crippen LogP contribution in [0, 0.1) is 11.3 Å². The molecule has 0 aliphatic rings. The van der Waals surface area contributed by atoms with E-state index in [1.165, 1.54) is 0 Å². The lowest BCUT2D eigenvalue weighted by Gasteiger charge is -2.32. The molecule has 0 aromatic heterocycles. The summed E-state index contributed by atoms with van der Waals surface area (Å²) in [5.41, 5.74) is 2.34. The molecule has 1 unspecified atom stereocenters. The molecular weight excluding hydrogens is 238 g/mol. The predicted octanol–water partition coefficient (Wildman–Crippen LogP) is 1.83. The Morgan fingerprint density at radius 1 is 1.37 bits per heavy atom. The smallest absolute Gasteiger partial charge is 0.101 e. The second-order valence-electron chi connectivity index (χ2n) is 5.02. The van der Waals surface area contributed by atoms with Gasteiger partial charge in [-0.3, -0.25) is 0 Å². The summed E-state index contributed by atoms with van der Waals surface area (Å²) >= 11 is 0. The standard InChI is InChI=1S/C15H23N3O/c1-5-18(12(2)10-17(3)4)15-7-6-13(11-19)8-14(15)9-16/h6-8,12,19H,5,10-11H2,1-4H3. The first-order valence-corrected chi connectivity index (χ1v) is 6.58. The van der Waals surface area contributed by atoms with Gasteiger partial charge in [0.25, 0.3) is 0 Å². The third-order valence-corrected chi connectivity index (χ3v) is 3.18. The third kappa shape index (κ3) is 3.95. The minimum absolute atomic E-state index is 0.0334. The molecule has 1 N–H and O–H groups in total. The molecule has 4 nitrogen and oxygen atoms in total. The second kappa shape index (κ2) is 7.13. The highest BCUT2D eigenvalue weighted by Gasteiger charge is 2.17. The number of hydrogen-bond acceptors (Lipinski definition) is 4. The molecule has 0 saturated carbocycles. The van der Waals surface area contributed by atoms with Crippen molar-refractivity contribution in [3.8, 4) is 6.07 Å². The number of aliphatic hydroxyl groups excluding tert-OH is 1. The van der Waals surface area contributed by atoms with Gasteiger partial charge in [-0.2, -0.15) is 5.26 Å². The molecule has 104 valence electrons. The maximum Gasteiger partial charge on any atom is 0.101 e. The van der Waals surface area contributed by atoms with Gasteiger partial charge in [0.15, 0.2) is 0 Å². The lowest BCUT2D eigenvalue weighted by molar-refractivity contribution is 0.282. The monoisotopic (exact) mass is 261 g/mol. The number of aliphatic hydroxyl groups is 1. The first-order valence-electron chi connectivity index (χ1n) is 6.58. The molecule has 1 aromatic rings. The number of nitriles is 1. The zero-order chi connectivity index (χ0) is 14.4. The van der Waals surface area contributed by atoms with Gasteiger partial charge < -0.3 is 14.9 Å². The molecule has 1 atom stereocenters. The highest BCUT2D eigenvalue weighted by molar-refractivity contribution is 5.61. The summed E-state index contributed by atoms with van der Waals surface area (Å²) in [6.07, 6.45) is 0. The summed E-state index contributed by atoms with van der Waals surface area (Å²) < 4.78 is 0. The van der Waals surface area contributed by atoms with E-state index in [4.69, 9.17) is 5.11 Å². The van der Waals surface area contributed by atoms with Crippen molar-refractivity contribution < 1.29 is 5.11 Å². The van der Waals surface area contributed by atoms with Crippen molar-refractivity contribution in [2.45, 2.75) is 26.5 Å². The van der Waals surface area contributed by atoms with Gasteiger partial charge in [-0.25, -0.2) is 0 Å². The van der Waals surface area contributed by atoms with Crippen LogP contribution in [0.25, 0.3) is 0 Å². The van der Waals surface area contributed by atoms with Gasteiger partial charge in [0, 0.05) is 19.1 Å². The Morgan fingerprint density at radius 3 is 2.53 bits per heavy atom. The molecule has 0 aliphatic carbocycles. The molecule has 19 heavy (non-hydrogen) atoms. The second-order valence-corrected chi connectivity index (χ2v) is 5.02. The molecule has 0 radical (unpaired) electrons. The van der Waals surface area contributed by atoms with Crippen LogP contribution in [0.5, 0.6) is 0 Å². The predicted molar refractivity (Wildman–Crippen MR) is 78.1 cm³/mol. The third-order valence-electron chi connectivity index (χ3n) is 3.18. The van der Waals surface area contributed by atoms with Gasteiger partial charge in [0.1, 0.15) is 6.07 Å². The van der Waals surface area contributed by atoms with E-state index < -0.39 is 0 Å². The SMILES string of the molecule is CCN(c1ccc(CO)cc1C#N)C(C)CN(C)C. The number of likely N-dealkylation sites (N-methyl/N-ethyl adjacent to an activating group) is 2. The van der Waals surface area contributed by atoms with Crippen molar-refractivity contribution in [3.63, 3.8) is 0 Å². The van der Waals surface area contributed by atoms with Crippen LogP contribution in [0.3, 0.4) is 0 Å². The lowest BCUT2D eigenvalue weighted by Crippen LogP contribution is -2.40.